The maximum absolute atomic E-state index is 13.8. The minimum atomic E-state index is -3.41. The summed E-state index contributed by atoms with van der Waals surface area (Å²) in [7, 11) is 0.909. The molecule has 0 aliphatic carbocycles. The lowest BCUT2D eigenvalue weighted by Crippen LogP contribution is -2.72. The molecule has 11 aliphatic rings. The Balaban J connectivity index is 0.896. The molecule has 66 nitrogen and oxygen atoms in total. The average Bonchev–Trinajstić information content (AvgIpc) is 0.750. The first-order valence-electron chi connectivity index (χ1n) is 46.3. The Labute approximate surface area is 830 Å². The molecule has 0 spiro atoms. The molecule has 0 aromatic heterocycles. The molecule has 0 bridgehead atoms. The van der Waals surface area contributed by atoms with Gasteiger partial charge in [-0.3, -0.25) is 19.2 Å². The molecule has 57 atom stereocenters. The van der Waals surface area contributed by atoms with Crippen LogP contribution in [0.1, 0.15) is 40.5 Å². The number of nitrogens with one attached hydrogen (secondary N) is 4. The second-order valence-corrected chi connectivity index (χ2v) is 36.8. The van der Waals surface area contributed by atoms with Crippen molar-refractivity contribution in [1.29, 1.82) is 0 Å². The predicted molar refractivity (Wildman–Crippen MR) is 448 cm³/mol. The molecule has 4 amide bonds. The average molecular weight is 2160 g/mol. The fourth-order valence-electron chi connectivity index (χ4n) is 19.0. The molecule has 38 N–H and O–H groups in total. The number of aliphatic hydroxyl groups excluding tert-OH is 32. The first-order chi connectivity index (χ1) is 69.4. The molecule has 11 fully saturated rings. The van der Waals surface area contributed by atoms with Crippen molar-refractivity contribution in [2.45, 2.75) is 389 Å². The smallest absolute Gasteiger partial charge is 0.364 e. The third kappa shape index (κ3) is 26.5. The molecule has 0 saturated carbocycles. The van der Waals surface area contributed by atoms with Crippen molar-refractivity contribution in [2.75, 3.05) is 79.8 Å². The number of amides is 4. The Morgan fingerprint density at radius 1 is 0.286 bits per heavy atom. The van der Waals surface area contributed by atoms with Crippen LogP contribution in [0.4, 0.5) is 0 Å². The number of methoxy groups -OCH3 is 1. The molecule has 11 aliphatic heterocycles. The minimum absolute atomic E-state index is 0.819. The van der Waals surface area contributed by atoms with E-state index in [0.717, 1.165) is 34.8 Å². The highest BCUT2D eigenvalue weighted by Gasteiger charge is 2.67. The summed E-state index contributed by atoms with van der Waals surface area (Å²) in [5, 5.41) is 391. The van der Waals surface area contributed by atoms with E-state index in [-0.39, 0.29) is 0 Å². The Bertz CT molecular complexity index is 4160. The summed E-state index contributed by atoms with van der Waals surface area (Å²) >= 11 is 0. The molecular weight excluding hydrogens is 2020 g/mol. The maximum atomic E-state index is 13.8. The van der Waals surface area contributed by atoms with E-state index in [9.17, 15) is 202 Å². The van der Waals surface area contributed by atoms with Gasteiger partial charge in [-0.2, -0.15) is 0 Å². The van der Waals surface area contributed by atoms with E-state index in [4.69, 9.17) is 104 Å². The van der Waals surface area contributed by atoms with Gasteiger partial charge in [0.15, 0.2) is 56.6 Å². The topological polar surface area (TPSA) is 1040 Å². The first-order valence-corrected chi connectivity index (χ1v) is 46.3. The minimum Gasteiger partial charge on any atom is -0.477 e. The van der Waals surface area contributed by atoms with Crippen molar-refractivity contribution in [1.82, 2.24) is 21.3 Å². The van der Waals surface area contributed by atoms with Crippen LogP contribution in [0.5, 0.6) is 0 Å². The van der Waals surface area contributed by atoms with Crippen LogP contribution in [0.3, 0.4) is 0 Å². The van der Waals surface area contributed by atoms with Crippen molar-refractivity contribution in [3.05, 3.63) is 0 Å². The van der Waals surface area contributed by atoms with Crippen molar-refractivity contribution in [3.63, 3.8) is 0 Å². The lowest BCUT2D eigenvalue weighted by atomic mass is 9.88. The lowest BCUT2D eigenvalue weighted by Gasteiger charge is -2.52. The third-order valence-electron chi connectivity index (χ3n) is 26.7. The van der Waals surface area contributed by atoms with Gasteiger partial charge in [0.1, 0.15) is 256 Å². The number of carboxylic acids is 2. The van der Waals surface area contributed by atoms with Crippen molar-refractivity contribution < 1.29 is 307 Å². The largest absolute Gasteiger partial charge is 0.477 e. The molecule has 11 heterocycles. The number of aliphatic carboxylic acids is 2. The van der Waals surface area contributed by atoms with Crippen LogP contribution in [0, 0.1) is 0 Å². The molecular formula is C81H134N4O62. The zero-order chi connectivity index (χ0) is 109. The van der Waals surface area contributed by atoms with Crippen LogP contribution < -0.4 is 21.3 Å². The Hall–Kier alpha value is -5.34. The Morgan fingerprint density at radius 3 is 0.878 bits per heavy atom. The standard InChI is InChI=1S/C81H134N4O62/c1-19(96)82-36-23(100)6-80(78(122)123,144-60(36)40(104)25(102)8-86)146-65-46(110)31(14-92)130-74(56(65)120)137-58-33(16-94)134-69(38(84-21(3)98)62(58)139-72-53(117)49(113)42(106)27(10-88)128-72)142-67-51(115)44(108)29(12-90)132-76(67)127-18-35-48(112)64(55(119)71(126-5)136-35)141-77-68(52(116)45(109)30(13-91)133-77)143-70-39(85-22(4)99)63(140-73-54(118)50(114)43(107)28(11-89)129-73)59(34(17-95)135-70)138-75-57(121)66(47(111)32(15-93)131-75)147-81(79(124)125)7-24(101)37(83-20(2)97)61(145-81)41(105)26(103)9-87/h23-77,86-95,100-121H,6-18H2,1-5H3,(H,82,96)(H,83,97)(H,84,98)(H,85,99)(H,122,123)(H,124,125)/t23-,24-,25+,26+,27-,28-,29+,30+,31+,32+,33+,34+,35+,36+,37+,38+,39+,40+,41+,42+,43+,44+,45+,46+,47+,48+,49+,50+,51-,52-,53-,54-,55-,56-,57-,58+,59+,60+,61+,62+,63+,64-,65+,66+,67-,68-,69-,70-,71-,72-,73-,74-,75-,76-,77+,80-,81-/m0/s1. The number of hydrogen-bond acceptors (Lipinski definition) is 60. The monoisotopic (exact) mass is 2150 g/mol. The number of hydrogen-bond donors (Lipinski definition) is 38. The molecule has 850 valence electrons. The SMILES string of the molecule is CO[C@H]1O[C@H](CO[C@H]2O[C@H](CO)[C@@H](O)[C@H](O)[C@@H]2O[C@@H]2O[C@H](CO)[C@@H](O[C@@H]3O[C@H](CO)[C@@H](O)[C@@H](O[C@]4(C(=O)O)C[C@H](O)[C@@H](NC(C)=O)[C@H]([C@H](O)[C@H](O)CO)O4)[C@@H]3O)[C@H](O[C@@H]3O[C@@H](CO)[C@@H](O)[C@@H](O)[C@@H]3O)[C@H]2NC(C)=O)[C@@H](O)[C@H](O[C@H]2O[C@H](CO)[C@@H](O)[C@H](O)[C@@H]2O[C@@H]2O[C@H](CO)[C@@H](O[C@@H]3O[C@H](CO)[C@@H](O)[C@@H](O[C@]4(C(=O)O)C[C@H](O)[C@@H](NC(C)=O)[C@H]([C@H](O)[C@H](O)CO)O4)[C@@H]3O)[C@H](O[C@@H]3O[C@@H](CO)[C@@H](O)[C@@H](O)[C@@H]3O)[C@H]2NC(C)=O)[C@@H]1O. The van der Waals surface area contributed by atoms with Gasteiger partial charge in [-0.15, -0.1) is 0 Å². The van der Waals surface area contributed by atoms with E-state index in [1.807, 2.05) is 0 Å². The zero-order valence-electron chi connectivity index (χ0n) is 78.6. The summed E-state index contributed by atoms with van der Waals surface area (Å²) in [6.45, 7) is -10.4. The number of rotatable bonds is 42. The second kappa shape index (κ2) is 52.5. The quantitative estimate of drug-likeness (QED) is 0.0270. The molecule has 66 heteroatoms. The highest BCUT2D eigenvalue weighted by Crippen LogP contribution is 2.46. The van der Waals surface area contributed by atoms with Gasteiger partial charge in [0, 0.05) is 47.6 Å². The number of carbonyl (C=O) groups excluding carboxylic acids is 4. The van der Waals surface area contributed by atoms with Gasteiger partial charge >= 0.3 is 11.9 Å². The fourth-order valence-corrected chi connectivity index (χ4v) is 19.0. The van der Waals surface area contributed by atoms with Crippen LogP contribution in [-0.2, 0) is 133 Å². The van der Waals surface area contributed by atoms with Gasteiger partial charge in [-0.25, -0.2) is 9.59 Å². The van der Waals surface area contributed by atoms with Gasteiger partial charge in [0.05, 0.1) is 97.0 Å². The van der Waals surface area contributed by atoms with E-state index < -0.39 is 470 Å². The van der Waals surface area contributed by atoms with Crippen LogP contribution in [0.15, 0.2) is 0 Å². The van der Waals surface area contributed by atoms with Gasteiger partial charge in [0.2, 0.25) is 23.6 Å². The molecule has 0 aromatic carbocycles. The predicted octanol–water partition coefficient (Wildman–Crippen LogP) is -25.3. The third-order valence-corrected chi connectivity index (χ3v) is 26.7. The number of carboxylic acid groups (broad SMARTS) is 2. The van der Waals surface area contributed by atoms with Crippen molar-refractivity contribution in [3.8, 4) is 0 Å². The molecule has 147 heavy (non-hydrogen) atoms. The van der Waals surface area contributed by atoms with Crippen LogP contribution in [0.25, 0.3) is 0 Å². The van der Waals surface area contributed by atoms with Gasteiger partial charge in [-0.05, 0) is 0 Å². The highest BCUT2D eigenvalue weighted by atomic mass is 16.8. The van der Waals surface area contributed by atoms with E-state index in [1.165, 1.54) is 0 Å². The van der Waals surface area contributed by atoms with Gasteiger partial charge in [0.25, 0.3) is 11.6 Å². The van der Waals surface area contributed by atoms with Crippen molar-refractivity contribution >= 4 is 35.6 Å². The number of carbonyl (C=O) groups is 6. The molecule has 0 radical (unpaired) electrons. The molecule has 0 aromatic rings. The van der Waals surface area contributed by atoms with Crippen LogP contribution in [0.2, 0.25) is 0 Å². The fraction of sp³-hybridized carbons (Fsp3) is 0.926. The highest BCUT2D eigenvalue weighted by molar-refractivity contribution is 5.78. The summed E-state index contributed by atoms with van der Waals surface area (Å²) in [5.74, 6) is -15.4. The zero-order valence-corrected chi connectivity index (χ0v) is 78.6. The second-order valence-electron chi connectivity index (χ2n) is 36.8. The maximum Gasteiger partial charge on any atom is 0.364 e. The number of aliphatic hydroxyl groups is 32. The summed E-state index contributed by atoms with van der Waals surface area (Å²) in [5.41, 5.74) is 0. The summed E-state index contributed by atoms with van der Waals surface area (Å²) in [6, 6.07) is -8.11. The number of ether oxygens (including phenoxy) is 22. The van der Waals surface area contributed by atoms with E-state index in [1.54, 1.807) is 0 Å². The summed E-state index contributed by atoms with van der Waals surface area (Å²) in [6.07, 6.45) is -120. The normalized spacial score (nSPS) is 47.3. The van der Waals surface area contributed by atoms with Crippen LogP contribution in [-0.4, -0.2) is 638 Å². The van der Waals surface area contributed by atoms with Crippen LogP contribution >= 0.6 is 0 Å². The molecule has 11 rings (SSSR count). The molecule has 0 unspecified atom stereocenters. The lowest BCUT2D eigenvalue weighted by molar-refractivity contribution is -0.405. The van der Waals surface area contributed by atoms with E-state index in [2.05, 4.69) is 21.3 Å². The van der Waals surface area contributed by atoms with E-state index >= 15 is 0 Å². The summed E-state index contributed by atoms with van der Waals surface area (Å²) < 4.78 is 132. The van der Waals surface area contributed by atoms with Gasteiger partial charge < -0.3 is 299 Å². The van der Waals surface area contributed by atoms with Crippen molar-refractivity contribution in [2.24, 2.45) is 0 Å². The Kier molecular flexibility index (Phi) is 43.5. The Morgan fingerprint density at radius 2 is 0.551 bits per heavy atom. The summed E-state index contributed by atoms with van der Waals surface area (Å²) in [4.78, 5) is 79.2. The first kappa shape index (κ1) is 122. The van der Waals surface area contributed by atoms with E-state index in [0.29, 0.717) is 0 Å². The van der Waals surface area contributed by atoms with Gasteiger partial charge in [-0.1, -0.05) is 0 Å². The molecule has 11 saturated heterocycles.